The Morgan fingerprint density at radius 2 is 1.68 bits per heavy atom. The van der Waals surface area contributed by atoms with Crippen molar-refractivity contribution < 1.29 is 9.90 Å². The number of aliphatic carboxylic acids is 1. The van der Waals surface area contributed by atoms with E-state index in [1.54, 1.807) is 11.1 Å². The Labute approximate surface area is 123 Å². The Kier molecular flexibility index (Phi) is 13.1. The fourth-order valence-electron chi connectivity index (χ4n) is 1.06. The van der Waals surface area contributed by atoms with Crippen LogP contribution in [0, 0.1) is 23.7 Å². The monoisotopic (exact) mass is 320 g/mol. The van der Waals surface area contributed by atoms with Crippen molar-refractivity contribution in [3.63, 3.8) is 0 Å². The smallest absolute Gasteiger partial charge is 0.303 e. The molecule has 0 spiro atoms. The van der Waals surface area contributed by atoms with Gasteiger partial charge in [-0.3, -0.25) is 4.79 Å². The van der Waals surface area contributed by atoms with E-state index in [9.17, 15) is 4.79 Å². The van der Waals surface area contributed by atoms with E-state index in [0.717, 1.165) is 12.8 Å². The summed E-state index contributed by atoms with van der Waals surface area (Å²) in [4.78, 5) is 11.9. The Morgan fingerprint density at radius 1 is 1.05 bits per heavy atom. The van der Waals surface area contributed by atoms with E-state index in [4.69, 9.17) is 5.11 Å². The molecule has 0 aliphatic rings. The van der Waals surface area contributed by atoms with E-state index in [1.807, 2.05) is 24.3 Å². The summed E-state index contributed by atoms with van der Waals surface area (Å²) >= 11 is 3.13. The number of allylic oxidation sites excluding steroid dienone is 5. The molecular formula is C16H17BrO2. The minimum atomic E-state index is -0.765. The highest BCUT2D eigenvalue weighted by Crippen LogP contribution is 1.94. The predicted molar refractivity (Wildman–Crippen MR) is 82.6 cm³/mol. The fraction of sp³-hybridized carbons (Fsp3) is 0.312. The zero-order valence-electron chi connectivity index (χ0n) is 10.7. The molecule has 0 aromatic rings. The fourth-order valence-corrected chi connectivity index (χ4v) is 1.20. The quantitative estimate of drug-likeness (QED) is 0.592. The first-order valence-corrected chi connectivity index (χ1v) is 6.95. The molecule has 2 nitrogen and oxygen atoms in total. The molecule has 0 unspecified atom stereocenters. The average molecular weight is 321 g/mol. The van der Waals surface area contributed by atoms with Gasteiger partial charge in [0.15, 0.2) is 0 Å². The van der Waals surface area contributed by atoms with Crippen LogP contribution in [0.25, 0.3) is 0 Å². The van der Waals surface area contributed by atoms with Crippen LogP contribution in [-0.2, 0) is 4.79 Å². The third kappa shape index (κ3) is 16.3. The summed E-state index contributed by atoms with van der Waals surface area (Å²) in [6.45, 7) is 0. The molecule has 0 saturated carbocycles. The van der Waals surface area contributed by atoms with Crippen LogP contribution in [0.4, 0.5) is 0 Å². The lowest BCUT2D eigenvalue weighted by atomic mass is 10.2. The van der Waals surface area contributed by atoms with Gasteiger partial charge in [-0.1, -0.05) is 51.8 Å². The Bertz CT molecular complexity index is 451. The molecule has 0 aliphatic heterocycles. The number of halogens is 1. The van der Waals surface area contributed by atoms with Crippen molar-refractivity contribution in [1.29, 1.82) is 0 Å². The molecule has 0 rings (SSSR count). The average Bonchev–Trinajstić information content (AvgIpc) is 2.39. The molecule has 3 heteroatoms. The van der Waals surface area contributed by atoms with Crippen molar-refractivity contribution in [2.24, 2.45) is 0 Å². The Hall–Kier alpha value is -1.71. The maximum atomic E-state index is 10.2. The van der Waals surface area contributed by atoms with E-state index < -0.39 is 5.97 Å². The lowest BCUT2D eigenvalue weighted by Crippen LogP contribution is -1.92. The molecule has 0 fully saturated rings. The van der Waals surface area contributed by atoms with Crippen LogP contribution >= 0.6 is 15.9 Å². The van der Waals surface area contributed by atoms with Crippen LogP contribution in [0.1, 0.15) is 32.1 Å². The molecule has 0 aromatic carbocycles. The molecule has 0 saturated heterocycles. The van der Waals surface area contributed by atoms with Crippen molar-refractivity contribution in [2.45, 2.75) is 32.1 Å². The van der Waals surface area contributed by atoms with Crippen LogP contribution in [0.15, 0.2) is 35.4 Å². The number of hydrogen-bond donors (Lipinski definition) is 1. The van der Waals surface area contributed by atoms with E-state index in [2.05, 4.69) is 39.6 Å². The van der Waals surface area contributed by atoms with Gasteiger partial charge in [-0.05, 0) is 42.5 Å². The highest BCUT2D eigenvalue weighted by atomic mass is 79.9. The first-order chi connectivity index (χ1) is 9.27. The van der Waals surface area contributed by atoms with Crippen LogP contribution in [0.3, 0.4) is 0 Å². The van der Waals surface area contributed by atoms with Crippen molar-refractivity contribution in [3.8, 4) is 23.7 Å². The number of carbonyl (C=O) groups is 1. The molecule has 100 valence electrons. The second-order valence-corrected chi connectivity index (χ2v) is 4.06. The largest absolute Gasteiger partial charge is 0.481 e. The van der Waals surface area contributed by atoms with Gasteiger partial charge >= 0.3 is 5.97 Å². The number of rotatable bonds is 6. The molecule has 0 heterocycles. The predicted octanol–water partition coefficient (Wildman–Crippen LogP) is 4.05. The maximum absolute atomic E-state index is 10.2. The molecule has 0 aliphatic carbocycles. The van der Waals surface area contributed by atoms with Crippen LogP contribution in [0.5, 0.6) is 0 Å². The van der Waals surface area contributed by atoms with Gasteiger partial charge in [0.25, 0.3) is 0 Å². The zero-order valence-corrected chi connectivity index (χ0v) is 12.3. The second kappa shape index (κ2) is 14.4. The third-order valence-electron chi connectivity index (χ3n) is 1.93. The van der Waals surface area contributed by atoms with Gasteiger partial charge in [-0.15, -0.1) is 0 Å². The first-order valence-electron chi connectivity index (χ1n) is 6.04. The van der Waals surface area contributed by atoms with E-state index >= 15 is 0 Å². The van der Waals surface area contributed by atoms with Gasteiger partial charge in [0.2, 0.25) is 0 Å². The minimum absolute atomic E-state index is 0.189. The van der Waals surface area contributed by atoms with Gasteiger partial charge in [0, 0.05) is 12.8 Å². The lowest BCUT2D eigenvalue weighted by molar-refractivity contribution is -0.137. The second-order valence-electron chi connectivity index (χ2n) is 3.53. The summed E-state index contributed by atoms with van der Waals surface area (Å²) in [5, 5.41) is 8.42. The van der Waals surface area contributed by atoms with E-state index in [0.29, 0.717) is 12.8 Å². The molecule has 0 radical (unpaired) electrons. The van der Waals surface area contributed by atoms with Gasteiger partial charge in [0.05, 0.1) is 0 Å². The summed E-state index contributed by atoms with van der Waals surface area (Å²) in [5.41, 5.74) is 0. The van der Waals surface area contributed by atoms with Crippen LogP contribution in [-0.4, -0.2) is 11.1 Å². The molecule has 0 atom stereocenters. The topological polar surface area (TPSA) is 37.3 Å². The van der Waals surface area contributed by atoms with E-state index in [1.165, 1.54) is 0 Å². The standard InChI is InChI=1S/C16H17BrO2/c17-15-13-11-9-7-5-3-1-2-4-6-8-10-12-14-16(18)19/h2,4-5,7,13,15H,1,3,10,12,14H2,(H,18,19)/b4-2+,7-5+,15-13+. The van der Waals surface area contributed by atoms with Gasteiger partial charge < -0.3 is 5.11 Å². The summed E-state index contributed by atoms with van der Waals surface area (Å²) in [7, 11) is 0. The normalized spacial score (nSPS) is 10.4. The summed E-state index contributed by atoms with van der Waals surface area (Å²) in [6.07, 6.45) is 12.7. The molecule has 0 amide bonds. The van der Waals surface area contributed by atoms with Gasteiger partial charge in [-0.2, -0.15) is 0 Å². The number of carboxylic acids is 1. The summed E-state index contributed by atoms with van der Waals surface area (Å²) in [6, 6.07) is 0. The third-order valence-corrected chi connectivity index (χ3v) is 2.19. The van der Waals surface area contributed by atoms with Crippen molar-refractivity contribution in [3.05, 3.63) is 35.4 Å². The summed E-state index contributed by atoms with van der Waals surface area (Å²) in [5.74, 6) is 10.7. The van der Waals surface area contributed by atoms with Gasteiger partial charge in [0.1, 0.15) is 0 Å². The Morgan fingerprint density at radius 3 is 2.32 bits per heavy atom. The maximum Gasteiger partial charge on any atom is 0.303 e. The number of carboxylic acid groups (broad SMARTS) is 1. The highest BCUT2D eigenvalue weighted by molar-refractivity contribution is 9.11. The minimum Gasteiger partial charge on any atom is -0.481 e. The summed E-state index contributed by atoms with van der Waals surface area (Å²) < 4.78 is 0. The first kappa shape index (κ1) is 17.3. The van der Waals surface area contributed by atoms with E-state index in [-0.39, 0.29) is 6.42 Å². The Balaban J connectivity index is 3.57. The number of unbranched alkanes of at least 4 members (excludes halogenated alkanes) is 2. The van der Waals surface area contributed by atoms with Crippen molar-refractivity contribution >= 4 is 21.9 Å². The van der Waals surface area contributed by atoms with Crippen molar-refractivity contribution in [1.82, 2.24) is 0 Å². The highest BCUT2D eigenvalue weighted by Gasteiger charge is 1.92. The molecule has 1 N–H and O–H groups in total. The van der Waals surface area contributed by atoms with Gasteiger partial charge in [-0.25, -0.2) is 0 Å². The van der Waals surface area contributed by atoms with Crippen LogP contribution < -0.4 is 0 Å². The number of hydrogen-bond acceptors (Lipinski definition) is 1. The molecule has 0 aromatic heterocycles. The molecule has 0 bridgehead atoms. The molecular weight excluding hydrogens is 304 g/mol. The van der Waals surface area contributed by atoms with Crippen molar-refractivity contribution in [2.75, 3.05) is 0 Å². The zero-order chi connectivity index (χ0) is 14.2. The van der Waals surface area contributed by atoms with Crippen LogP contribution in [0.2, 0.25) is 0 Å². The lowest BCUT2D eigenvalue weighted by Gasteiger charge is -1.86. The SMILES string of the molecule is O=C(O)CCCC#C/C=C/CC/C=C/C#C/C=C/Br. The molecule has 19 heavy (non-hydrogen) atoms.